The van der Waals surface area contributed by atoms with Gasteiger partial charge in [0, 0.05) is 22.8 Å². The second-order valence-electron chi connectivity index (χ2n) is 4.38. The molecule has 0 aromatic carbocycles. The van der Waals surface area contributed by atoms with Crippen molar-refractivity contribution in [2.45, 2.75) is 25.5 Å². The van der Waals surface area contributed by atoms with Gasteiger partial charge < -0.3 is 0 Å². The average Bonchev–Trinajstić information content (AvgIpc) is 2.72. The molecule has 102 valence electrons. The van der Waals surface area contributed by atoms with E-state index in [1.807, 2.05) is 13.8 Å². The Kier molecular flexibility index (Phi) is 3.81. The van der Waals surface area contributed by atoms with Gasteiger partial charge >= 0.3 is 0 Å². The Morgan fingerprint density at radius 2 is 2.05 bits per heavy atom. The minimum absolute atomic E-state index is 0.210. The largest absolute Gasteiger partial charge is 0.297 e. The minimum Gasteiger partial charge on any atom is -0.297 e. The lowest BCUT2D eigenvalue weighted by molar-refractivity contribution is 0.488. The van der Waals surface area contributed by atoms with Gasteiger partial charge in [0.1, 0.15) is 0 Å². The summed E-state index contributed by atoms with van der Waals surface area (Å²) in [6.45, 7) is 4.35. The predicted molar refractivity (Wildman–Crippen MR) is 68.9 cm³/mol. The summed E-state index contributed by atoms with van der Waals surface area (Å²) in [5, 5.41) is 14.7. The Morgan fingerprint density at radius 3 is 2.58 bits per heavy atom. The Bertz CT molecular complexity index is 668. The molecule has 0 unspecified atom stereocenters. The molecule has 0 aliphatic rings. The van der Waals surface area contributed by atoms with Crippen molar-refractivity contribution in [3.05, 3.63) is 18.5 Å². The number of hydrogen-bond acceptors (Lipinski definition) is 6. The summed E-state index contributed by atoms with van der Waals surface area (Å²) in [6, 6.07) is 1.68. The number of rotatable bonds is 4. The van der Waals surface area contributed by atoms with E-state index in [4.69, 9.17) is 10.7 Å². The highest BCUT2D eigenvalue weighted by Crippen LogP contribution is 2.22. The molecule has 0 fully saturated rings. The van der Waals surface area contributed by atoms with E-state index in [9.17, 15) is 8.42 Å². The molecule has 0 aliphatic carbocycles. The third kappa shape index (κ3) is 3.07. The topological polar surface area (TPSA) is 90.6 Å². The fourth-order valence-electron chi connectivity index (χ4n) is 1.64. The van der Waals surface area contributed by atoms with Crippen molar-refractivity contribution in [2.24, 2.45) is 5.92 Å². The van der Waals surface area contributed by atoms with Crippen molar-refractivity contribution in [2.75, 3.05) is 0 Å². The highest BCUT2D eigenvalue weighted by Gasteiger charge is 2.23. The fraction of sp³-hybridized carbons (Fsp3) is 0.400. The highest BCUT2D eigenvalue weighted by molar-refractivity contribution is 8.13. The Balaban J connectivity index is 2.60. The molecular formula is C10H12ClN5O2S. The molecule has 0 radical (unpaired) electrons. The maximum Gasteiger partial charge on any atom is 0.296 e. The lowest BCUT2D eigenvalue weighted by atomic mass is 10.2. The van der Waals surface area contributed by atoms with Gasteiger partial charge in [0.05, 0.1) is 12.4 Å². The first-order chi connectivity index (χ1) is 8.89. The summed E-state index contributed by atoms with van der Waals surface area (Å²) in [6.07, 6.45) is 2.99. The zero-order valence-corrected chi connectivity index (χ0v) is 11.9. The van der Waals surface area contributed by atoms with E-state index in [0.717, 1.165) is 0 Å². The molecule has 0 saturated heterocycles. The van der Waals surface area contributed by atoms with Crippen LogP contribution in [0.2, 0.25) is 0 Å². The van der Waals surface area contributed by atoms with Gasteiger partial charge in [-0.15, -0.1) is 10.2 Å². The number of aromatic nitrogens is 5. The predicted octanol–water partition coefficient (Wildman–Crippen LogP) is 1.32. The molecule has 0 atom stereocenters. The van der Waals surface area contributed by atoms with Crippen LogP contribution >= 0.6 is 10.7 Å². The molecule has 0 saturated carbocycles. The molecule has 0 bridgehead atoms. The second-order valence-corrected chi connectivity index (χ2v) is 6.84. The number of halogens is 1. The third-order valence-electron chi connectivity index (χ3n) is 2.33. The normalized spacial score (nSPS) is 12.0. The van der Waals surface area contributed by atoms with Crippen LogP contribution in [0.5, 0.6) is 0 Å². The second kappa shape index (κ2) is 5.22. The van der Waals surface area contributed by atoms with Gasteiger partial charge in [0.25, 0.3) is 14.2 Å². The summed E-state index contributed by atoms with van der Waals surface area (Å²) in [5.74, 6) is 0.615. The molecule has 7 nitrogen and oxygen atoms in total. The first-order valence-electron chi connectivity index (χ1n) is 5.54. The first kappa shape index (κ1) is 13.9. The van der Waals surface area contributed by atoms with Crippen LogP contribution in [-0.2, 0) is 15.6 Å². The van der Waals surface area contributed by atoms with E-state index in [2.05, 4.69) is 20.4 Å². The van der Waals surface area contributed by atoms with Crippen molar-refractivity contribution in [3.63, 3.8) is 0 Å². The Hall–Kier alpha value is -1.54. The van der Waals surface area contributed by atoms with Gasteiger partial charge in [-0.05, 0) is 12.0 Å². The molecule has 0 spiro atoms. The zero-order chi connectivity index (χ0) is 14.0. The SMILES string of the molecule is CC(C)Cn1c(-c2ccnnc2)nnc1S(=O)(=O)Cl. The number of nitrogens with zero attached hydrogens (tertiary/aromatic N) is 5. The van der Waals surface area contributed by atoms with Crippen LogP contribution in [0, 0.1) is 5.92 Å². The Morgan fingerprint density at radius 1 is 1.32 bits per heavy atom. The zero-order valence-electron chi connectivity index (χ0n) is 10.4. The maximum absolute atomic E-state index is 11.5. The molecule has 19 heavy (non-hydrogen) atoms. The van der Waals surface area contributed by atoms with Crippen LogP contribution in [0.3, 0.4) is 0 Å². The quantitative estimate of drug-likeness (QED) is 0.791. The van der Waals surface area contributed by atoms with Crippen LogP contribution in [0.25, 0.3) is 11.4 Å². The van der Waals surface area contributed by atoms with Gasteiger partial charge in [-0.3, -0.25) is 4.57 Å². The summed E-state index contributed by atoms with van der Waals surface area (Å²) < 4.78 is 24.5. The summed E-state index contributed by atoms with van der Waals surface area (Å²) in [7, 11) is 1.43. The molecule has 9 heteroatoms. The third-order valence-corrected chi connectivity index (χ3v) is 3.48. The maximum atomic E-state index is 11.5. The molecule has 0 aliphatic heterocycles. The molecule has 2 aromatic heterocycles. The van der Waals surface area contributed by atoms with Gasteiger partial charge in [0.2, 0.25) is 0 Å². The highest BCUT2D eigenvalue weighted by atomic mass is 35.7. The van der Waals surface area contributed by atoms with Crippen LogP contribution in [-0.4, -0.2) is 33.4 Å². The average molecular weight is 302 g/mol. The van der Waals surface area contributed by atoms with Crippen LogP contribution in [0.15, 0.2) is 23.6 Å². The van der Waals surface area contributed by atoms with Crippen molar-refractivity contribution in [1.82, 2.24) is 25.0 Å². The molecule has 2 heterocycles. The first-order valence-corrected chi connectivity index (χ1v) is 7.85. The molecule has 0 N–H and O–H groups in total. The van der Waals surface area contributed by atoms with E-state index in [1.165, 1.54) is 17.0 Å². The lowest BCUT2D eigenvalue weighted by Crippen LogP contribution is -2.12. The van der Waals surface area contributed by atoms with E-state index in [1.54, 1.807) is 6.07 Å². The summed E-state index contributed by atoms with van der Waals surface area (Å²) in [5.41, 5.74) is 0.634. The van der Waals surface area contributed by atoms with E-state index in [0.29, 0.717) is 17.9 Å². The lowest BCUT2D eigenvalue weighted by Gasteiger charge is -2.10. The Labute approximate surface area is 115 Å². The van der Waals surface area contributed by atoms with Gasteiger partial charge in [0.15, 0.2) is 5.82 Å². The smallest absolute Gasteiger partial charge is 0.296 e. The van der Waals surface area contributed by atoms with Crippen LogP contribution < -0.4 is 0 Å². The van der Waals surface area contributed by atoms with Crippen molar-refractivity contribution >= 4 is 19.7 Å². The summed E-state index contributed by atoms with van der Waals surface area (Å²) in [4.78, 5) is 0. The molecule has 0 amide bonds. The molecular weight excluding hydrogens is 290 g/mol. The van der Waals surface area contributed by atoms with Crippen LogP contribution in [0.1, 0.15) is 13.8 Å². The van der Waals surface area contributed by atoms with E-state index >= 15 is 0 Å². The monoisotopic (exact) mass is 301 g/mol. The summed E-state index contributed by atoms with van der Waals surface area (Å²) >= 11 is 0. The molecule has 2 rings (SSSR count). The van der Waals surface area contributed by atoms with Crippen LogP contribution in [0.4, 0.5) is 0 Å². The van der Waals surface area contributed by atoms with Crippen molar-refractivity contribution in [3.8, 4) is 11.4 Å². The van der Waals surface area contributed by atoms with E-state index < -0.39 is 9.05 Å². The van der Waals surface area contributed by atoms with E-state index in [-0.39, 0.29) is 11.1 Å². The standard InChI is InChI=1S/C10H12ClN5O2S/c1-7(2)6-16-9(8-3-4-12-13-5-8)14-15-10(16)19(11,17)18/h3-5,7H,6H2,1-2H3. The van der Waals surface area contributed by atoms with Gasteiger partial charge in [-0.2, -0.15) is 10.2 Å². The molecule has 2 aromatic rings. The van der Waals surface area contributed by atoms with Gasteiger partial charge in [-0.25, -0.2) is 8.42 Å². The minimum atomic E-state index is -3.94. The number of hydrogen-bond donors (Lipinski definition) is 0. The van der Waals surface area contributed by atoms with Gasteiger partial charge in [-0.1, -0.05) is 13.8 Å². The fourth-order valence-corrected chi connectivity index (χ4v) is 2.54. The van der Waals surface area contributed by atoms with Crippen molar-refractivity contribution in [1.29, 1.82) is 0 Å². The van der Waals surface area contributed by atoms with Crippen molar-refractivity contribution < 1.29 is 8.42 Å².